The topological polar surface area (TPSA) is 55.3 Å². The van der Waals surface area contributed by atoms with Crippen LogP contribution in [0.3, 0.4) is 0 Å². The first-order valence-corrected chi connectivity index (χ1v) is 3.94. The first-order chi connectivity index (χ1) is 5.90. The number of anilines is 1. The van der Waals surface area contributed by atoms with E-state index >= 15 is 0 Å². The third kappa shape index (κ3) is 1.21. The molecule has 0 radical (unpaired) electrons. The van der Waals surface area contributed by atoms with Gasteiger partial charge in [-0.1, -0.05) is 12.2 Å². The fourth-order valence-corrected chi connectivity index (χ4v) is 1.17. The molecule has 2 N–H and O–H groups in total. The van der Waals surface area contributed by atoms with Crippen molar-refractivity contribution in [2.24, 2.45) is 5.73 Å². The van der Waals surface area contributed by atoms with Crippen LogP contribution >= 0.6 is 0 Å². The minimum absolute atomic E-state index is 0.435. The van der Waals surface area contributed by atoms with E-state index in [2.05, 4.69) is 17.1 Å². The van der Waals surface area contributed by atoms with Crippen LogP contribution in [0.1, 0.15) is 5.69 Å². The van der Waals surface area contributed by atoms with Gasteiger partial charge in [-0.25, -0.2) is 0 Å². The number of oxazole rings is 1. The molecule has 4 nitrogen and oxygen atoms in total. The summed E-state index contributed by atoms with van der Waals surface area (Å²) in [5, 5.41) is 0. The lowest BCUT2D eigenvalue weighted by Gasteiger charge is -2.10. The summed E-state index contributed by atoms with van der Waals surface area (Å²) in [6.07, 6.45) is 5.78. The monoisotopic (exact) mass is 165 g/mol. The van der Waals surface area contributed by atoms with Gasteiger partial charge in [0.1, 0.15) is 6.26 Å². The predicted octanol–water partition coefficient (Wildman–Crippen LogP) is 0.509. The average Bonchev–Trinajstić information content (AvgIpc) is 2.75. The lowest BCUT2D eigenvalue weighted by molar-refractivity contribution is 0.548. The molecule has 1 aromatic rings. The molecule has 0 aromatic carbocycles. The molecule has 64 valence electrons. The Morgan fingerprint density at radius 2 is 2.25 bits per heavy atom. The summed E-state index contributed by atoms with van der Waals surface area (Å²) < 4.78 is 5.23. The van der Waals surface area contributed by atoms with Crippen molar-refractivity contribution in [2.45, 2.75) is 6.54 Å². The standard InChI is InChI=1S/C8H11N3O/c9-5-7-6-12-8(10-7)11-3-1-2-4-11/h1-2,6H,3-5,9H2. The highest BCUT2D eigenvalue weighted by molar-refractivity contribution is 5.33. The summed E-state index contributed by atoms with van der Waals surface area (Å²) in [6, 6.07) is 0.667. The van der Waals surface area contributed by atoms with Gasteiger partial charge in [0.05, 0.1) is 5.69 Å². The van der Waals surface area contributed by atoms with Gasteiger partial charge in [-0.2, -0.15) is 4.98 Å². The third-order valence-corrected chi connectivity index (χ3v) is 1.84. The molecule has 0 fully saturated rings. The Morgan fingerprint density at radius 1 is 1.50 bits per heavy atom. The van der Waals surface area contributed by atoms with Crippen LogP contribution in [0, 0.1) is 0 Å². The van der Waals surface area contributed by atoms with Gasteiger partial charge in [0, 0.05) is 19.6 Å². The number of nitrogens with two attached hydrogens (primary N) is 1. The molecule has 2 heterocycles. The fourth-order valence-electron chi connectivity index (χ4n) is 1.17. The Morgan fingerprint density at radius 3 is 2.83 bits per heavy atom. The molecular formula is C8H11N3O. The molecule has 0 unspecified atom stereocenters. The number of hydrogen-bond acceptors (Lipinski definition) is 4. The van der Waals surface area contributed by atoms with Crippen LogP contribution in [0.4, 0.5) is 6.01 Å². The molecule has 0 spiro atoms. The molecule has 0 atom stereocenters. The highest BCUT2D eigenvalue weighted by Crippen LogP contribution is 2.15. The molecule has 0 saturated carbocycles. The van der Waals surface area contributed by atoms with Crippen molar-refractivity contribution in [3.05, 3.63) is 24.1 Å². The number of hydrogen-bond donors (Lipinski definition) is 1. The molecule has 0 aliphatic carbocycles. The fraction of sp³-hybridized carbons (Fsp3) is 0.375. The van der Waals surface area contributed by atoms with E-state index in [9.17, 15) is 0 Å². The first kappa shape index (κ1) is 7.36. The van der Waals surface area contributed by atoms with Gasteiger partial charge in [0.15, 0.2) is 0 Å². The average molecular weight is 165 g/mol. The van der Waals surface area contributed by atoms with E-state index in [4.69, 9.17) is 10.2 Å². The summed E-state index contributed by atoms with van der Waals surface area (Å²) in [5.41, 5.74) is 6.21. The molecule has 1 aromatic heterocycles. The van der Waals surface area contributed by atoms with Gasteiger partial charge in [0.2, 0.25) is 0 Å². The zero-order chi connectivity index (χ0) is 8.39. The summed E-state index contributed by atoms with van der Waals surface area (Å²) in [4.78, 5) is 6.25. The van der Waals surface area contributed by atoms with Crippen molar-refractivity contribution in [2.75, 3.05) is 18.0 Å². The minimum Gasteiger partial charge on any atom is -0.432 e. The largest absolute Gasteiger partial charge is 0.432 e. The van der Waals surface area contributed by atoms with Crippen molar-refractivity contribution in [1.29, 1.82) is 0 Å². The second-order valence-electron chi connectivity index (χ2n) is 2.70. The Kier molecular flexibility index (Phi) is 1.83. The predicted molar refractivity (Wildman–Crippen MR) is 45.7 cm³/mol. The molecule has 0 bridgehead atoms. The number of nitrogens with zero attached hydrogens (tertiary/aromatic N) is 2. The van der Waals surface area contributed by atoms with Gasteiger partial charge in [0.25, 0.3) is 6.01 Å². The zero-order valence-electron chi connectivity index (χ0n) is 6.73. The maximum Gasteiger partial charge on any atom is 0.298 e. The molecule has 12 heavy (non-hydrogen) atoms. The van der Waals surface area contributed by atoms with Crippen molar-refractivity contribution in [1.82, 2.24) is 4.98 Å². The van der Waals surface area contributed by atoms with E-state index in [1.54, 1.807) is 6.26 Å². The van der Waals surface area contributed by atoms with Crippen molar-refractivity contribution >= 4 is 6.01 Å². The zero-order valence-corrected chi connectivity index (χ0v) is 6.73. The Balaban J connectivity index is 2.12. The van der Waals surface area contributed by atoms with Crippen LogP contribution in [0.2, 0.25) is 0 Å². The van der Waals surface area contributed by atoms with E-state index in [0.717, 1.165) is 18.8 Å². The summed E-state index contributed by atoms with van der Waals surface area (Å²) in [5.74, 6) is 0. The molecule has 1 aliphatic rings. The lowest BCUT2D eigenvalue weighted by atomic mass is 10.5. The van der Waals surface area contributed by atoms with E-state index in [0.29, 0.717) is 12.6 Å². The number of rotatable bonds is 2. The second-order valence-corrected chi connectivity index (χ2v) is 2.70. The van der Waals surface area contributed by atoms with Crippen LogP contribution in [0.5, 0.6) is 0 Å². The van der Waals surface area contributed by atoms with Crippen LogP contribution in [-0.2, 0) is 6.54 Å². The highest BCUT2D eigenvalue weighted by Gasteiger charge is 2.12. The first-order valence-electron chi connectivity index (χ1n) is 3.94. The van der Waals surface area contributed by atoms with Crippen LogP contribution in [-0.4, -0.2) is 18.1 Å². The van der Waals surface area contributed by atoms with Gasteiger partial charge >= 0.3 is 0 Å². The third-order valence-electron chi connectivity index (χ3n) is 1.84. The van der Waals surface area contributed by atoms with Gasteiger partial charge in [-0.3, -0.25) is 0 Å². The van der Waals surface area contributed by atoms with Crippen LogP contribution in [0.25, 0.3) is 0 Å². The van der Waals surface area contributed by atoms with Gasteiger partial charge in [-0.15, -0.1) is 0 Å². The number of aromatic nitrogens is 1. The van der Waals surface area contributed by atoms with Crippen LogP contribution < -0.4 is 10.6 Å². The molecule has 0 amide bonds. The normalized spacial score (nSPS) is 15.9. The Hall–Kier alpha value is -1.29. The quantitative estimate of drug-likeness (QED) is 0.649. The summed E-state index contributed by atoms with van der Waals surface area (Å²) in [7, 11) is 0. The van der Waals surface area contributed by atoms with E-state index in [1.165, 1.54) is 0 Å². The van der Waals surface area contributed by atoms with Crippen molar-refractivity contribution < 1.29 is 4.42 Å². The molecule has 2 rings (SSSR count). The van der Waals surface area contributed by atoms with Crippen molar-refractivity contribution in [3.8, 4) is 0 Å². The van der Waals surface area contributed by atoms with Crippen molar-refractivity contribution in [3.63, 3.8) is 0 Å². The van der Waals surface area contributed by atoms with Gasteiger partial charge < -0.3 is 15.1 Å². The second kappa shape index (κ2) is 2.98. The van der Waals surface area contributed by atoms with E-state index in [-0.39, 0.29) is 0 Å². The summed E-state index contributed by atoms with van der Waals surface area (Å²) >= 11 is 0. The Labute approximate surface area is 70.7 Å². The molecule has 1 aliphatic heterocycles. The van der Waals surface area contributed by atoms with E-state index in [1.807, 2.05) is 4.90 Å². The maximum absolute atomic E-state index is 5.41. The smallest absolute Gasteiger partial charge is 0.298 e. The Bertz CT molecular complexity index is 284. The van der Waals surface area contributed by atoms with Crippen LogP contribution in [0.15, 0.2) is 22.8 Å². The highest BCUT2D eigenvalue weighted by atomic mass is 16.4. The maximum atomic E-state index is 5.41. The lowest BCUT2D eigenvalue weighted by Crippen LogP contribution is -2.18. The summed E-state index contributed by atoms with van der Waals surface area (Å²) in [6.45, 7) is 2.19. The molecule has 4 heteroatoms. The molecule has 0 saturated heterocycles. The van der Waals surface area contributed by atoms with E-state index < -0.39 is 0 Å². The minimum atomic E-state index is 0.435. The molecular weight excluding hydrogens is 154 g/mol. The SMILES string of the molecule is NCc1coc(N2CC=CC2)n1. The van der Waals surface area contributed by atoms with Gasteiger partial charge in [-0.05, 0) is 0 Å².